The minimum Gasteiger partial charge on any atom is -0.354 e. The molecule has 1 amide bonds. The molecule has 1 heterocycles. The fraction of sp³-hybridized carbons (Fsp3) is 0.0667. The van der Waals surface area contributed by atoms with Crippen LogP contribution in [0.25, 0.3) is 11.0 Å². The monoisotopic (exact) mass is 384 g/mol. The molecule has 118 valence electrons. The van der Waals surface area contributed by atoms with Crippen LogP contribution in [-0.2, 0) is 6.18 Å². The summed E-state index contributed by atoms with van der Waals surface area (Å²) in [6.45, 7) is 0. The molecule has 0 atom stereocenters. The van der Waals surface area contributed by atoms with Crippen LogP contribution in [0.4, 0.5) is 19.0 Å². The van der Waals surface area contributed by atoms with Gasteiger partial charge in [-0.05, 0) is 30.3 Å². The molecule has 3 aromatic rings. The minimum atomic E-state index is -4.62. The van der Waals surface area contributed by atoms with Crippen LogP contribution in [0.2, 0.25) is 0 Å². The van der Waals surface area contributed by atoms with Crippen molar-refractivity contribution in [2.75, 3.05) is 5.32 Å². The number of carbonyl (C=O) groups excluding carboxylic acids is 1. The van der Waals surface area contributed by atoms with Crippen molar-refractivity contribution in [2.24, 2.45) is 0 Å². The second-order valence-electron chi connectivity index (χ2n) is 4.67. The van der Waals surface area contributed by atoms with Gasteiger partial charge >= 0.3 is 6.18 Å². The van der Waals surface area contributed by atoms with Crippen molar-refractivity contribution in [3.05, 3.63) is 58.1 Å². The summed E-state index contributed by atoms with van der Waals surface area (Å²) in [5.74, 6) is -0.842. The van der Waals surface area contributed by atoms with E-state index in [0.717, 1.165) is 16.6 Å². The van der Waals surface area contributed by atoms with E-state index in [1.54, 1.807) is 18.2 Å². The lowest BCUT2D eigenvalue weighted by molar-refractivity contribution is -0.137. The number of aromatic nitrogens is 1. The summed E-state index contributed by atoms with van der Waals surface area (Å²) >= 11 is 3.26. The lowest BCUT2D eigenvalue weighted by Gasteiger charge is -2.11. The van der Waals surface area contributed by atoms with E-state index in [0.29, 0.717) is 11.0 Å². The molecule has 0 fully saturated rings. The first-order valence-corrected chi connectivity index (χ1v) is 7.18. The summed E-state index contributed by atoms with van der Waals surface area (Å²) < 4.78 is 44.7. The van der Waals surface area contributed by atoms with E-state index in [-0.39, 0.29) is 5.82 Å². The fourth-order valence-electron chi connectivity index (χ4n) is 2.10. The van der Waals surface area contributed by atoms with E-state index in [4.69, 9.17) is 4.52 Å². The number of alkyl halides is 3. The fourth-order valence-corrected chi connectivity index (χ4v) is 2.44. The maximum atomic E-state index is 13.0. The van der Waals surface area contributed by atoms with Gasteiger partial charge in [0, 0.05) is 4.47 Å². The number of hydrogen-bond acceptors (Lipinski definition) is 3. The van der Waals surface area contributed by atoms with Crippen LogP contribution in [0.1, 0.15) is 15.9 Å². The number of carbonyl (C=O) groups is 1. The lowest BCUT2D eigenvalue weighted by Crippen LogP contribution is -2.18. The van der Waals surface area contributed by atoms with Crippen molar-refractivity contribution in [1.82, 2.24) is 5.16 Å². The highest BCUT2D eigenvalue weighted by Crippen LogP contribution is 2.32. The molecule has 0 saturated heterocycles. The first-order valence-electron chi connectivity index (χ1n) is 6.39. The SMILES string of the molecule is O=C(Nc1noc2cc(Br)ccc12)c1ccccc1C(F)(F)F. The number of nitrogens with zero attached hydrogens (tertiary/aromatic N) is 1. The second-order valence-corrected chi connectivity index (χ2v) is 5.58. The maximum absolute atomic E-state index is 13.0. The van der Waals surface area contributed by atoms with Gasteiger partial charge in [0.1, 0.15) is 0 Å². The Balaban J connectivity index is 1.96. The molecular formula is C15H8BrF3N2O2. The quantitative estimate of drug-likeness (QED) is 0.686. The van der Waals surface area contributed by atoms with Crippen LogP contribution in [-0.4, -0.2) is 11.1 Å². The number of benzene rings is 2. The van der Waals surface area contributed by atoms with E-state index >= 15 is 0 Å². The molecule has 0 bridgehead atoms. The van der Waals surface area contributed by atoms with Gasteiger partial charge in [-0.15, -0.1) is 0 Å². The van der Waals surface area contributed by atoms with Crippen LogP contribution < -0.4 is 5.32 Å². The largest absolute Gasteiger partial charge is 0.417 e. The summed E-state index contributed by atoms with van der Waals surface area (Å²) in [6.07, 6.45) is -4.62. The molecular weight excluding hydrogens is 377 g/mol. The van der Waals surface area contributed by atoms with Gasteiger partial charge in [-0.25, -0.2) is 0 Å². The van der Waals surface area contributed by atoms with Gasteiger partial charge in [0.15, 0.2) is 11.4 Å². The van der Waals surface area contributed by atoms with Crippen LogP contribution in [0.3, 0.4) is 0 Å². The number of nitrogens with one attached hydrogen (secondary N) is 1. The van der Waals surface area contributed by atoms with Crippen LogP contribution in [0.5, 0.6) is 0 Å². The number of fused-ring (bicyclic) bond motifs is 1. The molecule has 0 aliphatic heterocycles. The van der Waals surface area contributed by atoms with Gasteiger partial charge in [0.2, 0.25) is 0 Å². The molecule has 1 N–H and O–H groups in total. The molecule has 0 saturated carbocycles. The predicted octanol–water partition coefficient (Wildman–Crippen LogP) is 4.86. The Morgan fingerprint density at radius 3 is 2.65 bits per heavy atom. The first kappa shape index (κ1) is 15.5. The lowest BCUT2D eigenvalue weighted by atomic mass is 10.1. The third kappa shape index (κ3) is 3.07. The van der Waals surface area contributed by atoms with Crippen LogP contribution in [0.15, 0.2) is 51.5 Å². The average Bonchev–Trinajstić information content (AvgIpc) is 2.88. The minimum absolute atomic E-state index is 0.0643. The maximum Gasteiger partial charge on any atom is 0.417 e. The van der Waals surface area contributed by atoms with Crippen molar-refractivity contribution >= 4 is 38.6 Å². The zero-order valence-electron chi connectivity index (χ0n) is 11.3. The summed E-state index contributed by atoms with van der Waals surface area (Å²) in [5, 5.41) is 6.53. The van der Waals surface area contributed by atoms with E-state index in [1.165, 1.54) is 12.1 Å². The molecule has 2 aromatic carbocycles. The summed E-state index contributed by atoms with van der Waals surface area (Å²) in [5.41, 5.74) is -1.08. The Morgan fingerprint density at radius 2 is 1.91 bits per heavy atom. The molecule has 8 heteroatoms. The third-order valence-electron chi connectivity index (χ3n) is 3.14. The highest BCUT2D eigenvalue weighted by molar-refractivity contribution is 9.10. The smallest absolute Gasteiger partial charge is 0.354 e. The number of anilines is 1. The standard InChI is InChI=1S/C15H8BrF3N2O2/c16-8-5-6-10-12(7-8)23-21-13(10)20-14(22)9-3-1-2-4-11(9)15(17,18)19/h1-7H,(H,20,21,22). The Morgan fingerprint density at radius 1 is 1.17 bits per heavy atom. The Kier molecular flexibility index (Phi) is 3.85. The second kappa shape index (κ2) is 5.69. The number of hydrogen-bond donors (Lipinski definition) is 1. The summed E-state index contributed by atoms with van der Waals surface area (Å²) in [7, 11) is 0. The molecule has 23 heavy (non-hydrogen) atoms. The number of rotatable bonds is 2. The normalized spacial score (nSPS) is 11.7. The van der Waals surface area contributed by atoms with Gasteiger partial charge in [-0.2, -0.15) is 13.2 Å². The van der Waals surface area contributed by atoms with Crippen LogP contribution >= 0.6 is 15.9 Å². The van der Waals surface area contributed by atoms with E-state index in [2.05, 4.69) is 26.4 Å². The Labute approximate surface area is 136 Å². The van der Waals surface area contributed by atoms with Gasteiger partial charge in [-0.3, -0.25) is 4.79 Å². The van der Waals surface area contributed by atoms with Crippen molar-refractivity contribution in [1.29, 1.82) is 0 Å². The molecule has 0 spiro atoms. The zero-order valence-corrected chi connectivity index (χ0v) is 12.9. The molecule has 1 aromatic heterocycles. The van der Waals surface area contributed by atoms with Gasteiger partial charge in [0.05, 0.1) is 16.5 Å². The van der Waals surface area contributed by atoms with E-state index in [1.807, 2.05) is 0 Å². The molecule has 3 rings (SSSR count). The van der Waals surface area contributed by atoms with Crippen molar-refractivity contribution in [2.45, 2.75) is 6.18 Å². The molecule has 4 nitrogen and oxygen atoms in total. The highest BCUT2D eigenvalue weighted by atomic mass is 79.9. The summed E-state index contributed by atoms with van der Waals surface area (Å²) in [6, 6.07) is 9.54. The number of halogens is 4. The molecule has 0 radical (unpaired) electrons. The third-order valence-corrected chi connectivity index (χ3v) is 3.64. The van der Waals surface area contributed by atoms with E-state index < -0.39 is 23.2 Å². The molecule has 0 unspecified atom stereocenters. The zero-order chi connectivity index (χ0) is 16.6. The number of amides is 1. The van der Waals surface area contributed by atoms with Gasteiger partial charge in [-0.1, -0.05) is 33.2 Å². The van der Waals surface area contributed by atoms with Gasteiger partial charge < -0.3 is 9.84 Å². The summed E-state index contributed by atoms with van der Waals surface area (Å²) in [4.78, 5) is 12.2. The molecule has 0 aliphatic carbocycles. The first-order chi connectivity index (χ1) is 10.9. The Bertz CT molecular complexity index is 890. The van der Waals surface area contributed by atoms with Crippen molar-refractivity contribution < 1.29 is 22.5 Å². The molecule has 0 aliphatic rings. The van der Waals surface area contributed by atoms with Gasteiger partial charge in [0.25, 0.3) is 5.91 Å². The predicted molar refractivity (Wildman–Crippen MR) is 81.1 cm³/mol. The average molecular weight is 385 g/mol. The topological polar surface area (TPSA) is 55.1 Å². The highest BCUT2D eigenvalue weighted by Gasteiger charge is 2.35. The van der Waals surface area contributed by atoms with Crippen molar-refractivity contribution in [3.8, 4) is 0 Å². The van der Waals surface area contributed by atoms with Crippen molar-refractivity contribution in [3.63, 3.8) is 0 Å². The van der Waals surface area contributed by atoms with E-state index in [9.17, 15) is 18.0 Å². The Hall–Kier alpha value is -2.35. The van der Waals surface area contributed by atoms with Crippen LogP contribution in [0, 0.1) is 0 Å².